The molecule has 0 atom stereocenters. The standard InChI is InChI=1S/C14H15N3O6S/c1-9(19)16-24(22,23)11-4-2-10(3-5-11)15-12-8-13(20)17(6-7-18)14(12)21/h2-5,8,15,18H,6-7H2,1H3,(H,16,19). The molecule has 0 aromatic heterocycles. The first-order chi connectivity index (χ1) is 11.2. The molecule has 3 amide bonds. The minimum atomic E-state index is -3.94. The van der Waals surface area contributed by atoms with E-state index in [4.69, 9.17) is 5.11 Å². The first-order valence-electron chi connectivity index (χ1n) is 6.83. The predicted octanol–water partition coefficient (Wildman–Crippen LogP) is -0.832. The highest BCUT2D eigenvalue weighted by Crippen LogP contribution is 2.19. The van der Waals surface area contributed by atoms with Crippen molar-refractivity contribution in [2.75, 3.05) is 18.5 Å². The molecular formula is C14H15N3O6S. The van der Waals surface area contributed by atoms with Gasteiger partial charge in [0.15, 0.2) is 0 Å². The zero-order valence-corrected chi connectivity index (χ0v) is 13.5. The summed E-state index contributed by atoms with van der Waals surface area (Å²) in [5.74, 6) is -1.83. The number of rotatable bonds is 6. The maximum atomic E-state index is 12.0. The lowest BCUT2D eigenvalue weighted by Crippen LogP contribution is -2.34. The first kappa shape index (κ1) is 17.6. The number of hydrogen-bond donors (Lipinski definition) is 3. The lowest BCUT2D eigenvalue weighted by Gasteiger charge is -2.13. The number of β-amino-alcohol motifs (C(OH)–C–C–N with tert-alkyl or cyclic N) is 1. The molecule has 0 unspecified atom stereocenters. The summed E-state index contributed by atoms with van der Waals surface area (Å²) in [4.78, 5) is 35.2. The van der Waals surface area contributed by atoms with Gasteiger partial charge >= 0.3 is 0 Å². The Morgan fingerprint density at radius 1 is 1.21 bits per heavy atom. The molecule has 1 aromatic carbocycles. The lowest BCUT2D eigenvalue weighted by molar-refractivity contribution is -0.137. The Labute approximate surface area is 138 Å². The van der Waals surface area contributed by atoms with Gasteiger partial charge < -0.3 is 10.4 Å². The number of nitrogens with one attached hydrogen (secondary N) is 2. The van der Waals surface area contributed by atoms with Crippen LogP contribution in [0.1, 0.15) is 6.92 Å². The highest BCUT2D eigenvalue weighted by molar-refractivity contribution is 7.90. The fourth-order valence-electron chi connectivity index (χ4n) is 2.03. The molecule has 0 saturated heterocycles. The largest absolute Gasteiger partial charge is 0.395 e. The smallest absolute Gasteiger partial charge is 0.277 e. The third-order valence-corrected chi connectivity index (χ3v) is 4.50. The molecule has 24 heavy (non-hydrogen) atoms. The zero-order chi connectivity index (χ0) is 17.9. The van der Waals surface area contributed by atoms with Crippen LogP contribution in [0.3, 0.4) is 0 Å². The number of benzene rings is 1. The van der Waals surface area contributed by atoms with Gasteiger partial charge in [-0.15, -0.1) is 0 Å². The summed E-state index contributed by atoms with van der Waals surface area (Å²) < 4.78 is 25.5. The number of aliphatic hydroxyl groups excluding tert-OH is 1. The van der Waals surface area contributed by atoms with Crippen molar-refractivity contribution in [1.29, 1.82) is 0 Å². The maximum Gasteiger partial charge on any atom is 0.277 e. The number of carbonyl (C=O) groups excluding carboxylic acids is 3. The van der Waals surface area contributed by atoms with Gasteiger partial charge in [0.1, 0.15) is 5.70 Å². The third-order valence-electron chi connectivity index (χ3n) is 3.05. The molecule has 0 spiro atoms. The van der Waals surface area contributed by atoms with Gasteiger partial charge in [-0.1, -0.05) is 0 Å². The highest BCUT2D eigenvalue weighted by atomic mass is 32.2. The Bertz CT molecular complexity index is 813. The van der Waals surface area contributed by atoms with Gasteiger partial charge in [-0.25, -0.2) is 13.1 Å². The summed E-state index contributed by atoms with van der Waals surface area (Å²) in [5, 5.41) is 11.5. The van der Waals surface area contributed by atoms with Crippen LogP contribution in [0.2, 0.25) is 0 Å². The fourth-order valence-corrected chi connectivity index (χ4v) is 3.02. The molecule has 2 rings (SSSR count). The monoisotopic (exact) mass is 353 g/mol. The van der Waals surface area contributed by atoms with Crippen LogP contribution in [0.4, 0.5) is 5.69 Å². The van der Waals surface area contributed by atoms with E-state index >= 15 is 0 Å². The molecule has 1 aliphatic rings. The van der Waals surface area contributed by atoms with Crippen LogP contribution < -0.4 is 10.0 Å². The van der Waals surface area contributed by atoms with E-state index in [1.807, 2.05) is 4.72 Å². The van der Waals surface area contributed by atoms with Gasteiger partial charge in [0.2, 0.25) is 5.91 Å². The minimum Gasteiger partial charge on any atom is -0.395 e. The molecular weight excluding hydrogens is 338 g/mol. The van der Waals surface area contributed by atoms with Crippen LogP contribution in [-0.2, 0) is 24.4 Å². The van der Waals surface area contributed by atoms with E-state index in [9.17, 15) is 22.8 Å². The van der Waals surface area contributed by atoms with Crippen molar-refractivity contribution in [3.8, 4) is 0 Å². The molecule has 9 nitrogen and oxygen atoms in total. The topological polar surface area (TPSA) is 133 Å². The number of nitrogens with zero attached hydrogens (tertiary/aromatic N) is 1. The number of anilines is 1. The normalized spacial score (nSPS) is 14.6. The Kier molecular flexibility index (Phi) is 5.00. The van der Waals surface area contributed by atoms with E-state index in [0.717, 1.165) is 17.9 Å². The summed E-state index contributed by atoms with van der Waals surface area (Å²) in [5.41, 5.74) is 0.404. The van der Waals surface area contributed by atoms with Crippen molar-refractivity contribution >= 4 is 33.4 Å². The summed E-state index contributed by atoms with van der Waals surface area (Å²) >= 11 is 0. The van der Waals surface area contributed by atoms with Crippen molar-refractivity contribution < 1.29 is 27.9 Å². The third kappa shape index (κ3) is 3.78. The van der Waals surface area contributed by atoms with Gasteiger partial charge in [0.05, 0.1) is 18.0 Å². The number of carbonyl (C=O) groups is 3. The van der Waals surface area contributed by atoms with Crippen LogP contribution in [-0.4, -0.2) is 49.3 Å². The first-order valence-corrected chi connectivity index (χ1v) is 8.32. The summed E-state index contributed by atoms with van der Waals surface area (Å²) in [7, 11) is -3.94. The molecule has 1 heterocycles. The van der Waals surface area contributed by atoms with Gasteiger partial charge in [0.25, 0.3) is 21.8 Å². The quantitative estimate of drug-likeness (QED) is 0.568. The SMILES string of the molecule is CC(=O)NS(=O)(=O)c1ccc(NC2=CC(=O)N(CCO)C2=O)cc1. The Morgan fingerprint density at radius 2 is 1.83 bits per heavy atom. The summed E-state index contributed by atoms with van der Waals surface area (Å²) in [6, 6.07) is 5.28. The van der Waals surface area contributed by atoms with Crippen LogP contribution >= 0.6 is 0 Å². The Hall–Kier alpha value is -2.72. The van der Waals surface area contributed by atoms with E-state index in [-0.39, 0.29) is 23.7 Å². The fraction of sp³-hybridized carbons (Fsp3) is 0.214. The average molecular weight is 353 g/mol. The second-order valence-corrected chi connectivity index (χ2v) is 6.57. The second kappa shape index (κ2) is 6.81. The summed E-state index contributed by atoms with van der Waals surface area (Å²) in [6.45, 7) is 0.641. The molecule has 1 aliphatic heterocycles. The Balaban J connectivity index is 2.13. The van der Waals surface area contributed by atoms with Crippen molar-refractivity contribution in [3.63, 3.8) is 0 Å². The van der Waals surface area contributed by atoms with Crippen LogP contribution in [0.15, 0.2) is 40.9 Å². The number of amides is 3. The van der Waals surface area contributed by atoms with Crippen LogP contribution in [0.25, 0.3) is 0 Å². The highest BCUT2D eigenvalue weighted by Gasteiger charge is 2.30. The van der Waals surface area contributed by atoms with Gasteiger partial charge in [-0.3, -0.25) is 19.3 Å². The van der Waals surface area contributed by atoms with Crippen LogP contribution in [0, 0.1) is 0 Å². The maximum absolute atomic E-state index is 12.0. The van der Waals surface area contributed by atoms with Crippen molar-refractivity contribution in [2.24, 2.45) is 0 Å². The van der Waals surface area contributed by atoms with E-state index in [2.05, 4.69) is 5.32 Å². The minimum absolute atomic E-state index is 0.0194. The lowest BCUT2D eigenvalue weighted by atomic mass is 10.3. The molecule has 0 bridgehead atoms. The number of sulfonamides is 1. The van der Waals surface area contributed by atoms with Gasteiger partial charge in [-0.05, 0) is 24.3 Å². The molecule has 0 saturated carbocycles. The molecule has 0 fully saturated rings. The molecule has 10 heteroatoms. The molecule has 1 aromatic rings. The van der Waals surface area contributed by atoms with Crippen LogP contribution in [0.5, 0.6) is 0 Å². The van der Waals surface area contributed by atoms with E-state index in [1.54, 1.807) is 0 Å². The van der Waals surface area contributed by atoms with Gasteiger partial charge in [0, 0.05) is 18.7 Å². The van der Waals surface area contributed by atoms with E-state index < -0.39 is 27.7 Å². The number of aliphatic hydroxyl groups is 1. The Morgan fingerprint density at radius 3 is 2.38 bits per heavy atom. The van der Waals surface area contributed by atoms with E-state index in [1.165, 1.54) is 24.3 Å². The zero-order valence-electron chi connectivity index (χ0n) is 12.6. The van der Waals surface area contributed by atoms with Crippen molar-refractivity contribution in [3.05, 3.63) is 36.0 Å². The second-order valence-electron chi connectivity index (χ2n) is 4.89. The molecule has 128 valence electrons. The number of hydrogen-bond acceptors (Lipinski definition) is 7. The molecule has 0 radical (unpaired) electrons. The predicted molar refractivity (Wildman–Crippen MR) is 83.0 cm³/mol. The van der Waals surface area contributed by atoms with E-state index in [0.29, 0.717) is 5.69 Å². The van der Waals surface area contributed by atoms with Gasteiger partial charge in [-0.2, -0.15) is 0 Å². The summed E-state index contributed by atoms with van der Waals surface area (Å²) in [6.07, 6.45) is 1.10. The average Bonchev–Trinajstić information content (AvgIpc) is 2.74. The molecule has 3 N–H and O–H groups in total. The van der Waals surface area contributed by atoms with Crippen molar-refractivity contribution in [1.82, 2.24) is 9.62 Å². The van der Waals surface area contributed by atoms with Crippen molar-refractivity contribution in [2.45, 2.75) is 11.8 Å². The molecule has 0 aliphatic carbocycles. The number of imide groups is 1.